The number of thioether (sulfide) groups is 1. The Morgan fingerprint density at radius 1 is 1.00 bits per heavy atom. The normalized spacial score (nSPS) is 10.7. The third-order valence-electron chi connectivity index (χ3n) is 4.54. The van der Waals surface area contributed by atoms with Gasteiger partial charge in [0.25, 0.3) is 5.69 Å². The quantitative estimate of drug-likeness (QED) is 0.193. The molecule has 1 N–H and O–H groups in total. The lowest BCUT2D eigenvalue weighted by atomic mass is 10.2. The molecule has 4 rings (SSSR count). The fourth-order valence-electron chi connectivity index (χ4n) is 3.01. The number of nitrogens with zero attached hydrogens (tertiary/aromatic N) is 4. The minimum atomic E-state index is -0.461. The van der Waals surface area contributed by atoms with Gasteiger partial charge in [-0.2, -0.15) is 0 Å². The number of nitro benzene ring substituents is 1. The molecular weight excluding hydrogens is 485 g/mol. The van der Waals surface area contributed by atoms with Gasteiger partial charge in [0.2, 0.25) is 5.91 Å². The van der Waals surface area contributed by atoms with Crippen molar-refractivity contribution in [2.45, 2.75) is 5.16 Å². The first-order valence-electron chi connectivity index (χ1n) is 9.56. The zero-order chi connectivity index (χ0) is 23.4. The van der Waals surface area contributed by atoms with E-state index in [0.717, 1.165) is 5.69 Å². The fourth-order valence-corrected chi connectivity index (χ4v) is 4.11. The molecule has 0 aliphatic rings. The molecule has 0 spiro atoms. The minimum Gasteiger partial charge on any atom is -0.324 e. The van der Waals surface area contributed by atoms with Crippen molar-refractivity contribution in [3.63, 3.8) is 0 Å². The van der Waals surface area contributed by atoms with Gasteiger partial charge in [-0.25, -0.2) is 0 Å². The smallest absolute Gasteiger partial charge is 0.269 e. The molecule has 8 nitrogen and oxygen atoms in total. The van der Waals surface area contributed by atoms with E-state index in [4.69, 9.17) is 23.2 Å². The Hall–Kier alpha value is -3.40. The van der Waals surface area contributed by atoms with Gasteiger partial charge in [0.15, 0.2) is 11.0 Å². The highest BCUT2D eigenvalue weighted by Gasteiger charge is 2.18. The maximum absolute atomic E-state index is 12.5. The van der Waals surface area contributed by atoms with Gasteiger partial charge in [0.05, 0.1) is 26.4 Å². The number of halogens is 2. The molecule has 0 unspecified atom stereocenters. The summed E-state index contributed by atoms with van der Waals surface area (Å²) in [6, 6.07) is 20.4. The van der Waals surface area contributed by atoms with Crippen molar-refractivity contribution in [2.75, 3.05) is 11.1 Å². The summed E-state index contributed by atoms with van der Waals surface area (Å²) in [5, 5.41) is 23.3. The van der Waals surface area contributed by atoms with E-state index in [1.165, 1.54) is 23.9 Å². The van der Waals surface area contributed by atoms with Crippen LogP contribution in [0.1, 0.15) is 0 Å². The molecule has 3 aromatic carbocycles. The van der Waals surface area contributed by atoms with Gasteiger partial charge in [-0.05, 0) is 36.4 Å². The number of carbonyl (C=O) groups is 1. The fraction of sp³-hybridized carbons (Fsp3) is 0.0455. The number of nitro groups is 1. The van der Waals surface area contributed by atoms with Crippen LogP contribution in [-0.4, -0.2) is 31.3 Å². The molecule has 0 fully saturated rings. The van der Waals surface area contributed by atoms with Crippen molar-refractivity contribution in [3.8, 4) is 17.1 Å². The SMILES string of the molecule is O=C(CSc1nnc(-c2ccc([N+](=O)[O-])cc2)n1-c1ccccc1)Nc1cccc(Cl)c1Cl. The van der Waals surface area contributed by atoms with E-state index < -0.39 is 4.92 Å². The summed E-state index contributed by atoms with van der Waals surface area (Å²) in [5.74, 6) is 0.259. The third-order valence-corrected chi connectivity index (χ3v) is 6.29. The molecule has 1 aromatic heterocycles. The van der Waals surface area contributed by atoms with E-state index in [2.05, 4.69) is 15.5 Å². The number of para-hydroxylation sites is 1. The van der Waals surface area contributed by atoms with Crippen molar-refractivity contribution in [3.05, 3.63) is 93.0 Å². The highest BCUT2D eigenvalue weighted by molar-refractivity contribution is 7.99. The van der Waals surface area contributed by atoms with Crippen LogP contribution in [0.4, 0.5) is 11.4 Å². The average Bonchev–Trinajstić information content (AvgIpc) is 3.25. The molecule has 4 aromatic rings. The number of amides is 1. The van der Waals surface area contributed by atoms with Gasteiger partial charge in [0.1, 0.15) is 0 Å². The van der Waals surface area contributed by atoms with Gasteiger partial charge in [0, 0.05) is 23.4 Å². The number of aromatic nitrogens is 3. The van der Waals surface area contributed by atoms with Crippen molar-refractivity contribution < 1.29 is 9.72 Å². The van der Waals surface area contributed by atoms with Crippen LogP contribution < -0.4 is 5.32 Å². The van der Waals surface area contributed by atoms with Crippen molar-refractivity contribution in [1.29, 1.82) is 0 Å². The van der Waals surface area contributed by atoms with Crippen LogP contribution in [0, 0.1) is 10.1 Å². The summed E-state index contributed by atoms with van der Waals surface area (Å²) in [4.78, 5) is 23.0. The molecule has 166 valence electrons. The largest absolute Gasteiger partial charge is 0.324 e. The standard InChI is InChI=1S/C22H15Cl2N5O3S/c23-17-7-4-8-18(20(17)24)25-19(30)13-33-22-27-26-21(28(22)15-5-2-1-3-6-15)14-9-11-16(12-10-14)29(31)32/h1-12H,13H2,(H,25,30). The molecule has 0 bridgehead atoms. The van der Waals surface area contributed by atoms with E-state index in [1.807, 2.05) is 30.3 Å². The first kappa shape index (κ1) is 22.8. The zero-order valence-electron chi connectivity index (χ0n) is 16.8. The van der Waals surface area contributed by atoms with Crippen molar-refractivity contribution >= 4 is 52.2 Å². The Labute approximate surface area is 202 Å². The first-order chi connectivity index (χ1) is 15.9. The van der Waals surface area contributed by atoms with Crippen LogP contribution in [-0.2, 0) is 4.79 Å². The summed E-state index contributed by atoms with van der Waals surface area (Å²) in [6.07, 6.45) is 0. The molecule has 0 radical (unpaired) electrons. The highest BCUT2D eigenvalue weighted by atomic mass is 35.5. The molecule has 1 amide bonds. The second-order valence-corrected chi connectivity index (χ2v) is 8.45. The second-order valence-electron chi connectivity index (χ2n) is 6.72. The zero-order valence-corrected chi connectivity index (χ0v) is 19.1. The molecule has 0 aliphatic carbocycles. The summed E-state index contributed by atoms with van der Waals surface area (Å²) in [5.41, 5.74) is 1.84. The van der Waals surface area contributed by atoms with Crippen LogP contribution in [0.3, 0.4) is 0 Å². The summed E-state index contributed by atoms with van der Waals surface area (Å²) < 4.78 is 1.80. The van der Waals surface area contributed by atoms with E-state index in [0.29, 0.717) is 27.3 Å². The number of anilines is 1. The minimum absolute atomic E-state index is 0.0181. The van der Waals surface area contributed by atoms with E-state index in [1.54, 1.807) is 34.9 Å². The number of non-ortho nitro benzene ring substituents is 1. The number of hydrogen-bond donors (Lipinski definition) is 1. The summed E-state index contributed by atoms with van der Waals surface area (Å²) in [7, 11) is 0. The monoisotopic (exact) mass is 499 g/mol. The van der Waals surface area contributed by atoms with Crippen LogP contribution in [0.25, 0.3) is 17.1 Å². The second kappa shape index (κ2) is 10.0. The lowest BCUT2D eigenvalue weighted by molar-refractivity contribution is -0.384. The Kier molecular flexibility index (Phi) is 6.93. The van der Waals surface area contributed by atoms with Gasteiger partial charge < -0.3 is 5.32 Å². The summed E-state index contributed by atoms with van der Waals surface area (Å²) >= 11 is 13.3. The topological polar surface area (TPSA) is 103 Å². The van der Waals surface area contributed by atoms with Crippen LogP contribution in [0.2, 0.25) is 10.0 Å². The molecule has 1 heterocycles. The summed E-state index contributed by atoms with van der Waals surface area (Å²) in [6.45, 7) is 0. The van der Waals surface area contributed by atoms with Gasteiger partial charge in [-0.1, -0.05) is 59.2 Å². The Bertz CT molecular complexity index is 1310. The Morgan fingerprint density at radius 3 is 2.42 bits per heavy atom. The molecule has 0 aliphatic heterocycles. The molecule has 0 saturated heterocycles. The van der Waals surface area contributed by atoms with Crippen molar-refractivity contribution in [2.24, 2.45) is 0 Å². The Balaban J connectivity index is 1.60. The molecule has 0 atom stereocenters. The van der Waals surface area contributed by atoms with Crippen molar-refractivity contribution in [1.82, 2.24) is 14.8 Å². The van der Waals surface area contributed by atoms with Crippen LogP contribution in [0.5, 0.6) is 0 Å². The number of nitrogens with one attached hydrogen (secondary N) is 1. The van der Waals surface area contributed by atoms with Crippen LogP contribution in [0.15, 0.2) is 78.0 Å². The molecule has 0 saturated carbocycles. The van der Waals surface area contributed by atoms with Crippen LogP contribution >= 0.6 is 35.0 Å². The third kappa shape index (κ3) is 5.16. The number of carbonyl (C=O) groups excluding carboxylic acids is 1. The maximum Gasteiger partial charge on any atom is 0.269 e. The van der Waals surface area contributed by atoms with Gasteiger partial charge in [-0.3, -0.25) is 19.5 Å². The average molecular weight is 500 g/mol. The van der Waals surface area contributed by atoms with E-state index >= 15 is 0 Å². The molecule has 11 heteroatoms. The lowest BCUT2D eigenvalue weighted by Gasteiger charge is -2.11. The van der Waals surface area contributed by atoms with Gasteiger partial charge in [-0.15, -0.1) is 10.2 Å². The van der Waals surface area contributed by atoms with E-state index in [9.17, 15) is 14.9 Å². The first-order valence-corrected chi connectivity index (χ1v) is 11.3. The number of hydrogen-bond acceptors (Lipinski definition) is 6. The maximum atomic E-state index is 12.5. The molecular formula is C22H15Cl2N5O3S. The Morgan fingerprint density at radius 2 is 1.73 bits per heavy atom. The lowest BCUT2D eigenvalue weighted by Crippen LogP contribution is -2.15. The molecule has 33 heavy (non-hydrogen) atoms. The predicted molar refractivity (Wildman–Crippen MR) is 129 cm³/mol. The van der Waals surface area contributed by atoms with Gasteiger partial charge >= 0.3 is 0 Å². The highest BCUT2D eigenvalue weighted by Crippen LogP contribution is 2.31. The number of benzene rings is 3. The number of rotatable bonds is 7. The predicted octanol–water partition coefficient (Wildman–Crippen LogP) is 5.88. The van der Waals surface area contributed by atoms with E-state index in [-0.39, 0.29) is 22.4 Å².